The highest BCUT2D eigenvalue weighted by Crippen LogP contribution is 2.65. The average Bonchev–Trinajstić information content (AvgIpc) is 2.64. The molecule has 2 saturated carbocycles. The number of ketones is 1. The first-order chi connectivity index (χ1) is 10.8. The summed E-state index contributed by atoms with van der Waals surface area (Å²) in [5.74, 6) is 0.770. The molecule has 1 unspecified atom stereocenters. The second-order valence-corrected chi connectivity index (χ2v) is 9.05. The summed E-state index contributed by atoms with van der Waals surface area (Å²) >= 11 is 0. The third-order valence-electron chi connectivity index (χ3n) is 7.58. The van der Waals surface area contributed by atoms with Gasteiger partial charge >= 0.3 is 0 Å². The van der Waals surface area contributed by atoms with Gasteiger partial charge in [0.15, 0.2) is 5.78 Å². The van der Waals surface area contributed by atoms with Crippen LogP contribution in [0.25, 0.3) is 0 Å². The lowest BCUT2D eigenvalue weighted by Gasteiger charge is -2.62. The zero-order chi connectivity index (χ0) is 16.9. The highest BCUT2D eigenvalue weighted by atomic mass is 16.3. The van der Waals surface area contributed by atoms with Crippen molar-refractivity contribution >= 4 is 12.1 Å². The minimum absolute atomic E-state index is 0.00680. The van der Waals surface area contributed by atoms with E-state index in [1.807, 2.05) is 0 Å². The zero-order valence-electron chi connectivity index (χ0n) is 14.7. The van der Waals surface area contributed by atoms with E-state index in [2.05, 4.69) is 20.8 Å². The number of fused-ring (bicyclic) bond motifs is 3. The predicted octanol–water partition coefficient (Wildman–Crippen LogP) is 3.70. The number of aliphatic hydroxyl groups excluding tert-OH is 1. The Labute approximate surface area is 139 Å². The summed E-state index contributed by atoms with van der Waals surface area (Å²) in [5, 5.41) is 10.2. The first-order valence-electron chi connectivity index (χ1n) is 9.11. The number of carbonyl (C=O) groups excluding carboxylic acids is 2. The van der Waals surface area contributed by atoms with Crippen molar-refractivity contribution in [3.05, 3.63) is 11.6 Å². The van der Waals surface area contributed by atoms with E-state index in [-0.39, 0.29) is 23.7 Å². The molecule has 0 aromatic heterocycles. The third kappa shape index (κ3) is 2.34. The van der Waals surface area contributed by atoms with Crippen molar-refractivity contribution in [1.29, 1.82) is 0 Å². The van der Waals surface area contributed by atoms with E-state index in [1.165, 1.54) is 18.9 Å². The Morgan fingerprint density at radius 1 is 1.17 bits per heavy atom. The molecule has 3 aliphatic rings. The molecule has 0 bridgehead atoms. The van der Waals surface area contributed by atoms with Gasteiger partial charge in [-0.15, -0.1) is 0 Å². The van der Waals surface area contributed by atoms with Gasteiger partial charge in [0.1, 0.15) is 6.29 Å². The maximum absolute atomic E-state index is 13.0. The molecule has 4 atom stereocenters. The number of carbonyl (C=O) groups is 2. The van der Waals surface area contributed by atoms with Crippen LogP contribution in [0.15, 0.2) is 11.6 Å². The predicted molar refractivity (Wildman–Crippen MR) is 89.9 cm³/mol. The fourth-order valence-electron chi connectivity index (χ4n) is 6.47. The van der Waals surface area contributed by atoms with Gasteiger partial charge in [0.25, 0.3) is 0 Å². The Hall–Kier alpha value is -0.960. The van der Waals surface area contributed by atoms with Crippen molar-refractivity contribution in [2.75, 3.05) is 6.61 Å². The standard InChI is InChI=1S/C20H30O3/c1-18(2)8-4-9-19(3)15(18)7-10-20(13-22)16(19)6-5-14(12-21)11-17(20)23/h11-12,15-16,22H,4-10,13H2,1-3H3/t15?,16-,19+,20+/m1/s1. The second-order valence-electron chi connectivity index (χ2n) is 9.05. The fraction of sp³-hybridized carbons (Fsp3) is 0.800. The molecule has 0 saturated heterocycles. The van der Waals surface area contributed by atoms with Crippen LogP contribution in [0.5, 0.6) is 0 Å². The summed E-state index contributed by atoms with van der Waals surface area (Å²) in [5.41, 5.74) is 0.325. The molecule has 0 aliphatic heterocycles. The Morgan fingerprint density at radius 3 is 2.57 bits per heavy atom. The van der Waals surface area contributed by atoms with Gasteiger partial charge in [-0.3, -0.25) is 9.59 Å². The van der Waals surface area contributed by atoms with Gasteiger partial charge in [0.2, 0.25) is 0 Å². The molecule has 0 aromatic carbocycles. The lowest BCUT2D eigenvalue weighted by Crippen LogP contribution is -2.58. The minimum atomic E-state index is -0.663. The van der Waals surface area contributed by atoms with Crippen molar-refractivity contribution in [1.82, 2.24) is 0 Å². The van der Waals surface area contributed by atoms with E-state index in [1.54, 1.807) is 0 Å². The van der Waals surface area contributed by atoms with Crippen molar-refractivity contribution in [2.24, 2.45) is 28.1 Å². The van der Waals surface area contributed by atoms with E-state index in [0.717, 1.165) is 32.0 Å². The zero-order valence-corrected chi connectivity index (χ0v) is 14.7. The van der Waals surface area contributed by atoms with Crippen LogP contribution in [0.3, 0.4) is 0 Å². The van der Waals surface area contributed by atoms with E-state index in [4.69, 9.17) is 0 Å². The number of aliphatic hydroxyl groups is 1. The first kappa shape index (κ1) is 16.9. The molecule has 3 rings (SSSR count). The van der Waals surface area contributed by atoms with Crippen LogP contribution in [0.1, 0.15) is 65.7 Å². The first-order valence-corrected chi connectivity index (χ1v) is 9.11. The monoisotopic (exact) mass is 318 g/mol. The normalized spacial score (nSPS) is 43.0. The van der Waals surface area contributed by atoms with Gasteiger partial charge in [-0.05, 0) is 72.8 Å². The maximum atomic E-state index is 13.0. The molecule has 23 heavy (non-hydrogen) atoms. The molecule has 3 heteroatoms. The molecular formula is C20H30O3. The fourth-order valence-corrected chi connectivity index (χ4v) is 6.47. The Kier molecular flexibility index (Phi) is 4.07. The van der Waals surface area contributed by atoms with Crippen LogP contribution in [-0.2, 0) is 9.59 Å². The summed E-state index contributed by atoms with van der Waals surface area (Å²) in [6, 6.07) is 0. The maximum Gasteiger partial charge on any atom is 0.164 e. The summed E-state index contributed by atoms with van der Waals surface area (Å²) in [4.78, 5) is 24.2. The summed E-state index contributed by atoms with van der Waals surface area (Å²) in [6.45, 7) is 7.01. The molecule has 3 nitrogen and oxygen atoms in total. The van der Waals surface area contributed by atoms with Crippen molar-refractivity contribution in [2.45, 2.75) is 65.7 Å². The van der Waals surface area contributed by atoms with Crippen LogP contribution >= 0.6 is 0 Å². The van der Waals surface area contributed by atoms with Crippen LogP contribution < -0.4 is 0 Å². The van der Waals surface area contributed by atoms with Crippen LogP contribution in [0.2, 0.25) is 0 Å². The summed E-state index contributed by atoms with van der Waals surface area (Å²) in [6.07, 6.45) is 9.22. The number of hydrogen-bond acceptors (Lipinski definition) is 3. The van der Waals surface area contributed by atoms with Gasteiger partial charge in [0, 0.05) is 0 Å². The smallest absolute Gasteiger partial charge is 0.164 e. The second kappa shape index (κ2) is 5.54. The number of hydrogen-bond donors (Lipinski definition) is 1. The number of allylic oxidation sites excluding steroid dienone is 2. The molecular weight excluding hydrogens is 288 g/mol. The summed E-state index contributed by atoms with van der Waals surface area (Å²) in [7, 11) is 0. The Bertz CT molecular complexity index is 547. The molecule has 0 heterocycles. The highest BCUT2D eigenvalue weighted by Gasteiger charge is 2.61. The summed E-state index contributed by atoms with van der Waals surface area (Å²) < 4.78 is 0. The molecule has 3 aliphatic carbocycles. The number of aldehydes is 1. The van der Waals surface area contributed by atoms with Crippen molar-refractivity contribution < 1.29 is 14.7 Å². The molecule has 128 valence electrons. The molecule has 0 aromatic rings. The SMILES string of the molecule is CC1(C)CCC[C@@]2(C)C1CC[C@@]1(CO)C(=O)C=C(C=O)CC[C@@H]12. The van der Waals surface area contributed by atoms with E-state index >= 15 is 0 Å². The topological polar surface area (TPSA) is 54.4 Å². The Morgan fingerprint density at radius 2 is 1.91 bits per heavy atom. The number of rotatable bonds is 2. The van der Waals surface area contributed by atoms with Gasteiger partial charge in [-0.1, -0.05) is 27.2 Å². The quantitative estimate of drug-likeness (QED) is 0.790. The largest absolute Gasteiger partial charge is 0.395 e. The molecule has 1 N–H and O–H groups in total. The Balaban J connectivity index is 2.07. The van der Waals surface area contributed by atoms with Crippen LogP contribution in [0.4, 0.5) is 0 Å². The third-order valence-corrected chi connectivity index (χ3v) is 7.58. The van der Waals surface area contributed by atoms with Gasteiger partial charge in [-0.2, -0.15) is 0 Å². The van der Waals surface area contributed by atoms with Gasteiger partial charge in [-0.25, -0.2) is 0 Å². The van der Waals surface area contributed by atoms with Crippen LogP contribution in [0, 0.1) is 28.1 Å². The van der Waals surface area contributed by atoms with E-state index in [0.29, 0.717) is 23.3 Å². The molecule has 0 amide bonds. The average molecular weight is 318 g/mol. The molecule has 2 fully saturated rings. The van der Waals surface area contributed by atoms with E-state index < -0.39 is 5.41 Å². The van der Waals surface area contributed by atoms with Gasteiger partial charge in [0.05, 0.1) is 12.0 Å². The van der Waals surface area contributed by atoms with Crippen molar-refractivity contribution in [3.8, 4) is 0 Å². The minimum Gasteiger partial charge on any atom is -0.395 e. The lowest BCUT2D eigenvalue weighted by atomic mass is 9.42. The van der Waals surface area contributed by atoms with Crippen LogP contribution in [-0.4, -0.2) is 23.8 Å². The lowest BCUT2D eigenvalue weighted by molar-refractivity contribution is -0.164. The van der Waals surface area contributed by atoms with E-state index in [9.17, 15) is 14.7 Å². The molecule has 0 radical (unpaired) electrons. The van der Waals surface area contributed by atoms with Crippen molar-refractivity contribution in [3.63, 3.8) is 0 Å². The molecule has 0 spiro atoms. The highest BCUT2D eigenvalue weighted by molar-refractivity contribution is 5.99. The van der Waals surface area contributed by atoms with Gasteiger partial charge < -0.3 is 5.11 Å².